The summed E-state index contributed by atoms with van der Waals surface area (Å²) in [4.78, 5) is 8.73. The Bertz CT molecular complexity index is 508. The quantitative estimate of drug-likeness (QED) is 0.863. The monoisotopic (exact) mass is 242 g/mol. The summed E-state index contributed by atoms with van der Waals surface area (Å²) >= 11 is 0. The number of aryl methyl sites for hydroxylation is 1. The minimum Gasteiger partial charge on any atom is -0.368 e. The normalized spacial score (nSPS) is 10.4. The highest BCUT2D eigenvalue weighted by atomic mass is 15.1. The first-order valence-electron chi connectivity index (χ1n) is 6.08. The molecule has 18 heavy (non-hydrogen) atoms. The zero-order valence-electron chi connectivity index (χ0n) is 10.9. The molecule has 0 fully saturated rings. The fraction of sp³-hybridized carbons (Fsp3) is 0.286. The molecule has 1 heterocycles. The Morgan fingerprint density at radius 1 is 1.00 bits per heavy atom. The fourth-order valence-electron chi connectivity index (χ4n) is 1.67. The molecule has 0 aliphatic rings. The predicted molar refractivity (Wildman–Crippen MR) is 75.3 cm³/mol. The topological polar surface area (TPSA) is 49.8 Å². The SMILES string of the molecule is Cc1nc(Nc2ccccc2)cc(NC(C)C)n1. The predicted octanol–water partition coefficient (Wildman–Crippen LogP) is 3.35. The van der Waals surface area contributed by atoms with Crippen molar-refractivity contribution in [3.8, 4) is 0 Å². The van der Waals surface area contributed by atoms with Crippen LogP contribution in [0.4, 0.5) is 17.3 Å². The third-order valence-electron chi connectivity index (χ3n) is 2.32. The van der Waals surface area contributed by atoms with Crippen LogP contribution < -0.4 is 10.6 Å². The summed E-state index contributed by atoms with van der Waals surface area (Å²) in [7, 11) is 0. The Kier molecular flexibility index (Phi) is 3.77. The second kappa shape index (κ2) is 5.49. The van der Waals surface area contributed by atoms with Crippen LogP contribution in [0.3, 0.4) is 0 Å². The van der Waals surface area contributed by atoms with Crippen LogP contribution in [0, 0.1) is 6.92 Å². The van der Waals surface area contributed by atoms with Crippen molar-refractivity contribution in [2.45, 2.75) is 26.8 Å². The average Bonchev–Trinajstić information content (AvgIpc) is 2.28. The second-order valence-corrected chi connectivity index (χ2v) is 4.48. The number of nitrogens with one attached hydrogen (secondary N) is 2. The number of anilines is 3. The first-order valence-corrected chi connectivity index (χ1v) is 6.08. The van der Waals surface area contributed by atoms with Gasteiger partial charge in [-0.1, -0.05) is 18.2 Å². The minimum absolute atomic E-state index is 0.351. The molecule has 2 aromatic rings. The van der Waals surface area contributed by atoms with Crippen LogP contribution in [0.15, 0.2) is 36.4 Å². The largest absolute Gasteiger partial charge is 0.368 e. The number of nitrogens with zero attached hydrogens (tertiary/aromatic N) is 2. The standard InChI is InChI=1S/C14H18N4/c1-10(2)15-13-9-14(17-11(3)16-13)18-12-7-5-4-6-8-12/h4-10H,1-3H3,(H2,15,16,17,18). The Balaban J connectivity index is 2.20. The lowest BCUT2D eigenvalue weighted by Gasteiger charge is -2.12. The maximum absolute atomic E-state index is 4.37. The van der Waals surface area contributed by atoms with Crippen molar-refractivity contribution in [1.82, 2.24) is 9.97 Å². The van der Waals surface area contributed by atoms with E-state index >= 15 is 0 Å². The van der Waals surface area contributed by atoms with Crippen LogP contribution in [0.1, 0.15) is 19.7 Å². The van der Waals surface area contributed by atoms with Gasteiger partial charge in [0.25, 0.3) is 0 Å². The van der Waals surface area contributed by atoms with Crippen molar-refractivity contribution in [3.63, 3.8) is 0 Å². The number of hydrogen-bond acceptors (Lipinski definition) is 4. The van der Waals surface area contributed by atoms with E-state index in [1.807, 2.05) is 43.3 Å². The van der Waals surface area contributed by atoms with E-state index < -0.39 is 0 Å². The lowest BCUT2D eigenvalue weighted by molar-refractivity contribution is 0.881. The van der Waals surface area contributed by atoms with Crippen LogP contribution in [-0.2, 0) is 0 Å². The van der Waals surface area contributed by atoms with Gasteiger partial charge < -0.3 is 10.6 Å². The highest BCUT2D eigenvalue weighted by Crippen LogP contribution is 2.17. The van der Waals surface area contributed by atoms with Gasteiger partial charge in [-0.2, -0.15) is 0 Å². The molecule has 0 saturated heterocycles. The molecule has 1 aromatic carbocycles. The highest BCUT2D eigenvalue weighted by molar-refractivity contribution is 5.59. The third-order valence-corrected chi connectivity index (χ3v) is 2.32. The number of benzene rings is 1. The molecule has 2 N–H and O–H groups in total. The molecular weight excluding hydrogens is 224 g/mol. The number of para-hydroxylation sites is 1. The van der Waals surface area contributed by atoms with Crippen LogP contribution in [0.2, 0.25) is 0 Å². The molecule has 0 aliphatic carbocycles. The van der Waals surface area contributed by atoms with Gasteiger partial charge in [-0.3, -0.25) is 0 Å². The number of hydrogen-bond donors (Lipinski definition) is 2. The van der Waals surface area contributed by atoms with Gasteiger partial charge in [0.05, 0.1) is 0 Å². The molecule has 0 radical (unpaired) electrons. The summed E-state index contributed by atoms with van der Waals surface area (Å²) in [5.74, 6) is 2.40. The summed E-state index contributed by atoms with van der Waals surface area (Å²) < 4.78 is 0. The van der Waals surface area contributed by atoms with Crippen LogP contribution in [-0.4, -0.2) is 16.0 Å². The molecule has 4 heteroatoms. The van der Waals surface area contributed by atoms with Crippen LogP contribution in [0.25, 0.3) is 0 Å². The molecule has 1 aromatic heterocycles. The van der Waals surface area contributed by atoms with Gasteiger partial charge in [0.15, 0.2) is 0 Å². The highest BCUT2D eigenvalue weighted by Gasteiger charge is 2.03. The van der Waals surface area contributed by atoms with E-state index in [2.05, 4.69) is 34.4 Å². The molecule has 4 nitrogen and oxygen atoms in total. The minimum atomic E-state index is 0.351. The van der Waals surface area contributed by atoms with Gasteiger partial charge in [0.2, 0.25) is 0 Å². The average molecular weight is 242 g/mol. The molecule has 0 amide bonds. The Hall–Kier alpha value is -2.10. The van der Waals surface area contributed by atoms with E-state index in [4.69, 9.17) is 0 Å². The summed E-state index contributed by atoms with van der Waals surface area (Å²) in [6, 6.07) is 12.2. The summed E-state index contributed by atoms with van der Waals surface area (Å²) in [6.07, 6.45) is 0. The third kappa shape index (κ3) is 3.45. The van der Waals surface area contributed by atoms with Crippen LogP contribution >= 0.6 is 0 Å². The van der Waals surface area contributed by atoms with Gasteiger partial charge in [-0.05, 0) is 32.9 Å². The Morgan fingerprint density at radius 3 is 2.33 bits per heavy atom. The van der Waals surface area contributed by atoms with Crippen molar-refractivity contribution in [2.75, 3.05) is 10.6 Å². The van der Waals surface area contributed by atoms with E-state index in [9.17, 15) is 0 Å². The molecule has 0 atom stereocenters. The molecule has 0 aliphatic heterocycles. The smallest absolute Gasteiger partial charge is 0.136 e. The first kappa shape index (κ1) is 12.4. The molecule has 0 spiro atoms. The zero-order valence-corrected chi connectivity index (χ0v) is 10.9. The summed E-state index contributed by atoms with van der Waals surface area (Å²) in [6.45, 7) is 6.06. The molecule has 94 valence electrons. The van der Waals surface area contributed by atoms with E-state index in [0.717, 1.165) is 23.1 Å². The Morgan fingerprint density at radius 2 is 1.67 bits per heavy atom. The van der Waals surface area contributed by atoms with Gasteiger partial charge in [-0.25, -0.2) is 9.97 Å². The van der Waals surface area contributed by atoms with E-state index in [1.54, 1.807) is 0 Å². The van der Waals surface area contributed by atoms with Gasteiger partial charge in [0, 0.05) is 17.8 Å². The summed E-state index contributed by atoms with van der Waals surface area (Å²) in [5.41, 5.74) is 1.02. The molecule has 0 bridgehead atoms. The second-order valence-electron chi connectivity index (χ2n) is 4.48. The van der Waals surface area contributed by atoms with Crippen molar-refractivity contribution in [1.29, 1.82) is 0 Å². The Labute approximate surface area is 107 Å². The first-order chi connectivity index (χ1) is 8.63. The molecule has 0 saturated carbocycles. The zero-order chi connectivity index (χ0) is 13.0. The maximum Gasteiger partial charge on any atom is 0.136 e. The van der Waals surface area contributed by atoms with Gasteiger partial charge >= 0.3 is 0 Å². The van der Waals surface area contributed by atoms with Crippen LogP contribution in [0.5, 0.6) is 0 Å². The number of rotatable bonds is 4. The van der Waals surface area contributed by atoms with Gasteiger partial charge in [-0.15, -0.1) is 0 Å². The molecule has 0 unspecified atom stereocenters. The van der Waals surface area contributed by atoms with E-state index in [0.29, 0.717) is 6.04 Å². The molecule has 2 rings (SSSR count). The van der Waals surface area contributed by atoms with E-state index in [1.165, 1.54) is 0 Å². The fourth-order valence-corrected chi connectivity index (χ4v) is 1.67. The lowest BCUT2D eigenvalue weighted by atomic mass is 10.3. The van der Waals surface area contributed by atoms with E-state index in [-0.39, 0.29) is 0 Å². The van der Waals surface area contributed by atoms with Crippen molar-refractivity contribution < 1.29 is 0 Å². The number of aromatic nitrogens is 2. The van der Waals surface area contributed by atoms with Crippen molar-refractivity contribution in [3.05, 3.63) is 42.2 Å². The van der Waals surface area contributed by atoms with Crippen molar-refractivity contribution >= 4 is 17.3 Å². The van der Waals surface area contributed by atoms with Gasteiger partial charge in [0.1, 0.15) is 17.5 Å². The lowest BCUT2D eigenvalue weighted by Crippen LogP contribution is -2.12. The molecular formula is C14H18N4. The van der Waals surface area contributed by atoms with Crippen molar-refractivity contribution in [2.24, 2.45) is 0 Å². The maximum atomic E-state index is 4.37. The summed E-state index contributed by atoms with van der Waals surface area (Å²) in [5, 5.41) is 6.55.